The molecule has 2 aromatic rings. The molecule has 1 unspecified atom stereocenters. The Morgan fingerprint density at radius 1 is 1.26 bits per heavy atom. The van der Waals surface area contributed by atoms with Gasteiger partial charge in [-0.3, -0.25) is 0 Å². The number of alkyl halides is 3. The summed E-state index contributed by atoms with van der Waals surface area (Å²) < 4.78 is 38.8. The molecule has 0 bridgehead atoms. The predicted octanol–water partition coefficient (Wildman–Crippen LogP) is 5.59. The van der Waals surface area contributed by atoms with E-state index in [4.69, 9.17) is 11.6 Å². The lowest BCUT2D eigenvalue weighted by atomic mass is 10.1. The van der Waals surface area contributed by atoms with Crippen molar-refractivity contribution in [3.05, 3.63) is 51.2 Å². The molecule has 0 radical (unpaired) electrons. The van der Waals surface area contributed by atoms with Crippen molar-refractivity contribution in [3.63, 3.8) is 0 Å². The van der Waals surface area contributed by atoms with E-state index >= 15 is 0 Å². The van der Waals surface area contributed by atoms with Crippen LogP contribution in [-0.4, -0.2) is 0 Å². The van der Waals surface area contributed by atoms with Gasteiger partial charge in [0.1, 0.15) is 0 Å². The van der Waals surface area contributed by atoms with Gasteiger partial charge in [-0.05, 0) is 41.4 Å². The van der Waals surface area contributed by atoms with Gasteiger partial charge in [-0.25, -0.2) is 0 Å². The number of rotatable bonds is 3. The summed E-state index contributed by atoms with van der Waals surface area (Å²) in [6.45, 7) is 1.80. The van der Waals surface area contributed by atoms with Crippen molar-refractivity contribution >= 4 is 28.6 Å². The van der Waals surface area contributed by atoms with Gasteiger partial charge in [-0.15, -0.1) is 0 Å². The van der Waals surface area contributed by atoms with Gasteiger partial charge >= 0.3 is 6.18 Å². The molecule has 1 atom stereocenters. The van der Waals surface area contributed by atoms with Crippen molar-refractivity contribution in [2.45, 2.75) is 19.1 Å². The summed E-state index contributed by atoms with van der Waals surface area (Å²) in [5.74, 6) is 0. The number of anilines is 1. The highest BCUT2D eigenvalue weighted by Crippen LogP contribution is 2.39. The molecule has 0 saturated heterocycles. The minimum absolute atomic E-state index is 0.0666. The van der Waals surface area contributed by atoms with Crippen LogP contribution in [0.3, 0.4) is 0 Å². The van der Waals surface area contributed by atoms with E-state index in [1.54, 1.807) is 6.92 Å². The lowest BCUT2D eigenvalue weighted by molar-refractivity contribution is -0.137. The molecule has 6 heteroatoms. The molecule has 1 aromatic heterocycles. The maximum atomic E-state index is 12.9. The highest BCUT2D eigenvalue weighted by molar-refractivity contribution is 7.08. The van der Waals surface area contributed by atoms with E-state index in [1.807, 2.05) is 16.8 Å². The molecule has 0 aliphatic carbocycles. The smallest absolute Gasteiger partial charge is 0.377 e. The van der Waals surface area contributed by atoms with E-state index in [1.165, 1.54) is 23.5 Å². The molecule has 0 aliphatic rings. The van der Waals surface area contributed by atoms with Gasteiger partial charge in [0.05, 0.1) is 16.3 Å². The van der Waals surface area contributed by atoms with Crippen LogP contribution in [0.5, 0.6) is 0 Å². The molecule has 1 N–H and O–H groups in total. The Morgan fingerprint density at radius 2 is 2.00 bits per heavy atom. The lowest BCUT2D eigenvalue weighted by Crippen LogP contribution is -2.13. The van der Waals surface area contributed by atoms with Gasteiger partial charge in [0.15, 0.2) is 0 Å². The number of halogens is 4. The average molecular weight is 306 g/mol. The quantitative estimate of drug-likeness (QED) is 0.779. The van der Waals surface area contributed by atoms with Crippen LogP contribution < -0.4 is 5.32 Å². The van der Waals surface area contributed by atoms with Gasteiger partial charge < -0.3 is 5.32 Å². The van der Waals surface area contributed by atoms with E-state index in [2.05, 4.69) is 5.32 Å². The zero-order chi connectivity index (χ0) is 14.0. The number of thiophene rings is 1. The standard InChI is InChI=1S/C13H11ClF3NS/c1-8(9-5-6-19-7-9)18-12-10(13(15,16)17)3-2-4-11(12)14/h2-8,18H,1H3. The van der Waals surface area contributed by atoms with Crippen molar-refractivity contribution in [1.29, 1.82) is 0 Å². The molecule has 0 fully saturated rings. The third-order valence-corrected chi connectivity index (χ3v) is 3.74. The first kappa shape index (κ1) is 14.2. The van der Waals surface area contributed by atoms with Crippen LogP contribution in [0.4, 0.5) is 18.9 Å². The minimum Gasteiger partial charge on any atom is -0.377 e. The first-order chi connectivity index (χ1) is 8.89. The average Bonchev–Trinajstić information content (AvgIpc) is 2.83. The van der Waals surface area contributed by atoms with Crippen LogP contribution in [-0.2, 0) is 6.18 Å². The van der Waals surface area contributed by atoms with Crippen molar-refractivity contribution in [1.82, 2.24) is 0 Å². The molecule has 19 heavy (non-hydrogen) atoms. The van der Waals surface area contributed by atoms with Crippen LogP contribution in [0.1, 0.15) is 24.1 Å². The number of benzene rings is 1. The summed E-state index contributed by atoms with van der Waals surface area (Å²) in [5.41, 5.74) is 0.107. The van der Waals surface area contributed by atoms with Crippen LogP contribution in [0.25, 0.3) is 0 Å². The number of para-hydroxylation sites is 1. The Balaban J connectivity index is 2.34. The Bertz CT molecular complexity index is 552. The highest BCUT2D eigenvalue weighted by Gasteiger charge is 2.34. The van der Waals surface area contributed by atoms with Gasteiger partial charge in [-0.1, -0.05) is 17.7 Å². The molecule has 0 saturated carbocycles. The monoisotopic (exact) mass is 305 g/mol. The maximum absolute atomic E-state index is 12.9. The van der Waals surface area contributed by atoms with Gasteiger partial charge in [-0.2, -0.15) is 24.5 Å². The second-order valence-corrected chi connectivity index (χ2v) is 5.27. The van der Waals surface area contributed by atoms with Crippen molar-refractivity contribution in [2.24, 2.45) is 0 Å². The summed E-state index contributed by atoms with van der Waals surface area (Å²) in [5, 5.41) is 6.68. The van der Waals surface area contributed by atoms with Crippen molar-refractivity contribution in [2.75, 3.05) is 5.32 Å². The fourth-order valence-electron chi connectivity index (χ4n) is 1.73. The molecule has 0 aliphatic heterocycles. The van der Waals surface area contributed by atoms with Crippen molar-refractivity contribution < 1.29 is 13.2 Å². The Labute approximate surface area is 118 Å². The normalized spacial score (nSPS) is 13.3. The largest absolute Gasteiger partial charge is 0.418 e. The van der Waals surface area contributed by atoms with E-state index in [9.17, 15) is 13.2 Å². The first-order valence-electron chi connectivity index (χ1n) is 5.54. The zero-order valence-corrected chi connectivity index (χ0v) is 11.5. The predicted molar refractivity (Wildman–Crippen MR) is 72.8 cm³/mol. The molecule has 1 heterocycles. The van der Waals surface area contributed by atoms with E-state index in [0.29, 0.717) is 0 Å². The van der Waals surface area contributed by atoms with Gasteiger partial charge in [0.2, 0.25) is 0 Å². The summed E-state index contributed by atoms with van der Waals surface area (Å²) in [6.07, 6.45) is -4.43. The molecule has 0 amide bonds. The minimum atomic E-state index is -4.43. The van der Waals surface area contributed by atoms with Crippen LogP contribution in [0.15, 0.2) is 35.0 Å². The SMILES string of the molecule is CC(Nc1c(Cl)cccc1C(F)(F)F)c1ccsc1. The Hall–Kier alpha value is -1.20. The molecule has 102 valence electrons. The topological polar surface area (TPSA) is 12.0 Å². The van der Waals surface area contributed by atoms with E-state index in [-0.39, 0.29) is 16.8 Å². The van der Waals surface area contributed by atoms with E-state index < -0.39 is 11.7 Å². The number of hydrogen-bond acceptors (Lipinski definition) is 2. The molecule has 2 rings (SSSR count). The molecule has 1 nitrogen and oxygen atoms in total. The van der Waals surface area contributed by atoms with Crippen LogP contribution in [0, 0.1) is 0 Å². The second-order valence-electron chi connectivity index (χ2n) is 4.08. The molecular weight excluding hydrogens is 295 g/mol. The third kappa shape index (κ3) is 3.22. The number of hydrogen-bond donors (Lipinski definition) is 1. The van der Waals surface area contributed by atoms with E-state index in [0.717, 1.165) is 11.6 Å². The maximum Gasteiger partial charge on any atom is 0.418 e. The van der Waals surface area contributed by atoms with Crippen LogP contribution >= 0.6 is 22.9 Å². The third-order valence-electron chi connectivity index (χ3n) is 2.72. The van der Waals surface area contributed by atoms with Crippen LogP contribution in [0.2, 0.25) is 5.02 Å². The fraction of sp³-hybridized carbons (Fsp3) is 0.231. The highest BCUT2D eigenvalue weighted by atomic mass is 35.5. The summed E-state index contributed by atoms with van der Waals surface area (Å²) in [7, 11) is 0. The fourth-order valence-corrected chi connectivity index (χ4v) is 2.71. The zero-order valence-electron chi connectivity index (χ0n) is 9.96. The number of nitrogens with one attached hydrogen (secondary N) is 1. The second kappa shape index (κ2) is 5.43. The summed E-state index contributed by atoms with van der Waals surface area (Å²) >= 11 is 7.38. The Kier molecular flexibility index (Phi) is 4.06. The van der Waals surface area contributed by atoms with Crippen molar-refractivity contribution in [3.8, 4) is 0 Å². The molecule has 0 spiro atoms. The van der Waals surface area contributed by atoms with Gasteiger partial charge in [0, 0.05) is 6.04 Å². The summed E-state index contributed by atoms with van der Waals surface area (Å²) in [6, 6.07) is 5.39. The first-order valence-corrected chi connectivity index (χ1v) is 6.86. The van der Waals surface area contributed by atoms with Gasteiger partial charge in [0.25, 0.3) is 0 Å². The molecule has 1 aromatic carbocycles. The molecular formula is C13H11ClF3NS. The Morgan fingerprint density at radius 3 is 2.58 bits per heavy atom. The summed E-state index contributed by atoms with van der Waals surface area (Å²) in [4.78, 5) is 0. The lowest BCUT2D eigenvalue weighted by Gasteiger charge is -2.20.